The van der Waals surface area contributed by atoms with Crippen molar-refractivity contribution in [3.8, 4) is 5.75 Å². The van der Waals surface area contributed by atoms with Gasteiger partial charge in [-0.1, -0.05) is 31.2 Å². The Morgan fingerprint density at radius 1 is 1.30 bits per heavy atom. The Labute approximate surface area is 124 Å². The van der Waals surface area contributed by atoms with E-state index in [-0.39, 0.29) is 0 Å². The molecular formula is C17H21NOS. The van der Waals surface area contributed by atoms with Gasteiger partial charge in [0.2, 0.25) is 0 Å². The van der Waals surface area contributed by atoms with E-state index in [0.29, 0.717) is 12.0 Å². The van der Waals surface area contributed by atoms with Gasteiger partial charge >= 0.3 is 0 Å². The average Bonchev–Trinajstić information content (AvgIpc) is 2.99. The summed E-state index contributed by atoms with van der Waals surface area (Å²) in [6, 6.07) is 13.4. The Balaban J connectivity index is 1.84. The van der Waals surface area contributed by atoms with E-state index in [4.69, 9.17) is 4.74 Å². The second-order valence-electron chi connectivity index (χ2n) is 5.23. The quantitative estimate of drug-likeness (QED) is 0.902. The number of fused-ring (bicyclic) bond motifs is 1. The molecule has 0 fully saturated rings. The molecule has 0 aliphatic carbocycles. The molecule has 1 N–H and O–H groups in total. The largest absolute Gasteiger partial charge is 0.493 e. The van der Waals surface area contributed by atoms with Crippen molar-refractivity contribution in [2.75, 3.05) is 13.2 Å². The van der Waals surface area contributed by atoms with Crippen molar-refractivity contribution < 1.29 is 4.74 Å². The number of para-hydroxylation sites is 1. The first kappa shape index (κ1) is 13.7. The molecular weight excluding hydrogens is 266 g/mol. The lowest BCUT2D eigenvalue weighted by Crippen LogP contribution is -2.38. The van der Waals surface area contributed by atoms with Gasteiger partial charge in [-0.3, -0.25) is 0 Å². The van der Waals surface area contributed by atoms with Crippen LogP contribution < -0.4 is 10.1 Å². The van der Waals surface area contributed by atoms with Gasteiger partial charge in [0.15, 0.2) is 0 Å². The molecule has 1 aromatic heterocycles. The first-order chi connectivity index (χ1) is 9.88. The minimum Gasteiger partial charge on any atom is -0.493 e. The Morgan fingerprint density at radius 3 is 3.00 bits per heavy atom. The molecule has 0 saturated carbocycles. The highest BCUT2D eigenvalue weighted by atomic mass is 32.1. The lowest BCUT2D eigenvalue weighted by Gasteiger charge is -2.32. The fraction of sp³-hybridized carbons (Fsp3) is 0.412. The molecule has 2 atom stereocenters. The highest BCUT2D eigenvalue weighted by molar-refractivity contribution is 7.09. The summed E-state index contributed by atoms with van der Waals surface area (Å²) in [6.07, 6.45) is 2.20. The summed E-state index contributed by atoms with van der Waals surface area (Å²) in [5.74, 6) is 1.61. The predicted molar refractivity (Wildman–Crippen MR) is 84.8 cm³/mol. The lowest BCUT2D eigenvalue weighted by molar-refractivity contribution is 0.245. The maximum absolute atomic E-state index is 5.79. The molecule has 2 aromatic rings. The van der Waals surface area contributed by atoms with Crippen molar-refractivity contribution in [3.05, 3.63) is 52.2 Å². The molecule has 1 aliphatic rings. The molecule has 2 unspecified atom stereocenters. The summed E-state index contributed by atoms with van der Waals surface area (Å²) in [4.78, 5) is 1.46. The van der Waals surface area contributed by atoms with Crippen molar-refractivity contribution in [1.29, 1.82) is 0 Å². The minimum atomic E-state index is 0.490. The van der Waals surface area contributed by atoms with E-state index in [2.05, 4.69) is 54.0 Å². The monoisotopic (exact) mass is 287 g/mol. The van der Waals surface area contributed by atoms with E-state index in [9.17, 15) is 0 Å². The number of ether oxygens (including phenoxy) is 1. The second kappa shape index (κ2) is 6.42. The molecule has 0 spiro atoms. The maximum Gasteiger partial charge on any atom is 0.122 e. The topological polar surface area (TPSA) is 21.3 Å². The first-order valence-corrected chi connectivity index (χ1v) is 8.24. The van der Waals surface area contributed by atoms with E-state index in [0.717, 1.165) is 31.7 Å². The third-order valence-electron chi connectivity index (χ3n) is 3.96. The lowest BCUT2D eigenvalue weighted by atomic mass is 9.85. The van der Waals surface area contributed by atoms with Crippen molar-refractivity contribution in [1.82, 2.24) is 5.32 Å². The zero-order chi connectivity index (χ0) is 13.8. The van der Waals surface area contributed by atoms with Crippen molar-refractivity contribution in [2.45, 2.75) is 31.7 Å². The zero-order valence-corrected chi connectivity index (χ0v) is 12.7. The second-order valence-corrected chi connectivity index (χ2v) is 6.26. The van der Waals surface area contributed by atoms with Gasteiger partial charge in [0.25, 0.3) is 0 Å². The van der Waals surface area contributed by atoms with Gasteiger partial charge in [0.1, 0.15) is 5.75 Å². The van der Waals surface area contributed by atoms with Crippen LogP contribution in [0.15, 0.2) is 41.8 Å². The van der Waals surface area contributed by atoms with Crippen LogP contribution in [-0.4, -0.2) is 19.2 Å². The van der Waals surface area contributed by atoms with Gasteiger partial charge in [-0.05, 0) is 42.5 Å². The molecule has 1 aliphatic heterocycles. The molecule has 0 saturated heterocycles. The number of nitrogens with one attached hydrogen (secondary N) is 1. The Bertz CT molecular complexity index is 538. The van der Waals surface area contributed by atoms with Crippen LogP contribution in [0.5, 0.6) is 5.75 Å². The van der Waals surface area contributed by atoms with Crippen LogP contribution in [0.3, 0.4) is 0 Å². The smallest absolute Gasteiger partial charge is 0.122 e. The number of rotatable bonds is 5. The van der Waals surface area contributed by atoms with Gasteiger partial charge in [-0.25, -0.2) is 0 Å². The number of hydrogen-bond donors (Lipinski definition) is 1. The Morgan fingerprint density at radius 2 is 2.20 bits per heavy atom. The fourth-order valence-electron chi connectivity index (χ4n) is 3.05. The molecule has 20 heavy (non-hydrogen) atoms. The molecule has 106 valence electrons. The highest BCUT2D eigenvalue weighted by Gasteiger charge is 2.28. The number of benzene rings is 1. The highest BCUT2D eigenvalue weighted by Crippen LogP contribution is 2.36. The van der Waals surface area contributed by atoms with Gasteiger partial charge in [0.05, 0.1) is 6.61 Å². The van der Waals surface area contributed by atoms with Gasteiger partial charge in [0, 0.05) is 16.8 Å². The fourth-order valence-corrected chi connectivity index (χ4v) is 3.82. The molecule has 3 heteroatoms. The van der Waals surface area contributed by atoms with E-state index >= 15 is 0 Å². The van der Waals surface area contributed by atoms with Gasteiger partial charge in [-0.15, -0.1) is 11.3 Å². The Kier molecular flexibility index (Phi) is 4.38. The van der Waals surface area contributed by atoms with Crippen LogP contribution in [0, 0.1) is 0 Å². The summed E-state index contributed by atoms with van der Waals surface area (Å²) in [5, 5.41) is 5.85. The normalized spacial score (nSPS) is 19.1. The number of likely N-dealkylation sites (N-methyl/N-ethyl adjacent to an activating group) is 1. The summed E-state index contributed by atoms with van der Waals surface area (Å²) in [6.45, 7) is 4.02. The van der Waals surface area contributed by atoms with Crippen molar-refractivity contribution >= 4 is 11.3 Å². The van der Waals surface area contributed by atoms with E-state index in [1.807, 2.05) is 11.3 Å². The average molecular weight is 287 g/mol. The summed E-state index contributed by atoms with van der Waals surface area (Å²) >= 11 is 1.85. The molecule has 0 radical (unpaired) electrons. The van der Waals surface area contributed by atoms with Crippen LogP contribution in [0.1, 0.15) is 29.7 Å². The molecule has 0 amide bonds. The zero-order valence-electron chi connectivity index (χ0n) is 11.8. The maximum atomic E-state index is 5.79. The summed E-state index contributed by atoms with van der Waals surface area (Å²) in [5.41, 5.74) is 1.36. The number of hydrogen-bond acceptors (Lipinski definition) is 3. The molecule has 2 heterocycles. The van der Waals surface area contributed by atoms with Crippen molar-refractivity contribution in [2.24, 2.45) is 0 Å². The van der Waals surface area contributed by atoms with E-state index in [1.54, 1.807) is 0 Å². The SMILES string of the molecule is CCNC(Cc1cccs1)C1CCOc2ccccc21. The standard InChI is InChI=1S/C17H21NOS/c1-2-18-16(12-13-6-5-11-20-13)14-9-10-19-17-8-4-3-7-15(14)17/h3-8,11,14,16,18H,2,9-10,12H2,1H3. The number of thiophene rings is 1. The summed E-state index contributed by atoms with van der Waals surface area (Å²) < 4.78 is 5.79. The van der Waals surface area contributed by atoms with Crippen LogP contribution in [0.2, 0.25) is 0 Å². The van der Waals surface area contributed by atoms with Crippen molar-refractivity contribution in [3.63, 3.8) is 0 Å². The third kappa shape index (κ3) is 2.89. The molecule has 2 nitrogen and oxygen atoms in total. The molecule has 3 rings (SSSR count). The predicted octanol–water partition coefficient (Wildman–Crippen LogP) is 3.84. The summed E-state index contributed by atoms with van der Waals surface area (Å²) in [7, 11) is 0. The molecule has 0 bridgehead atoms. The van der Waals surface area contributed by atoms with E-state index < -0.39 is 0 Å². The van der Waals surface area contributed by atoms with Gasteiger partial charge < -0.3 is 10.1 Å². The minimum absolute atomic E-state index is 0.490. The third-order valence-corrected chi connectivity index (χ3v) is 4.86. The van der Waals surface area contributed by atoms with Crippen LogP contribution in [0.25, 0.3) is 0 Å². The van der Waals surface area contributed by atoms with Crippen LogP contribution in [-0.2, 0) is 6.42 Å². The Hall–Kier alpha value is -1.32. The van der Waals surface area contributed by atoms with E-state index in [1.165, 1.54) is 10.4 Å². The molecule has 1 aromatic carbocycles. The van der Waals surface area contributed by atoms with Gasteiger partial charge in [-0.2, -0.15) is 0 Å². The first-order valence-electron chi connectivity index (χ1n) is 7.36. The van der Waals surface area contributed by atoms with Crippen LogP contribution in [0.4, 0.5) is 0 Å². The van der Waals surface area contributed by atoms with Crippen LogP contribution >= 0.6 is 11.3 Å².